The van der Waals surface area contributed by atoms with Gasteiger partial charge in [0.25, 0.3) is 0 Å². The van der Waals surface area contributed by atoms with E-state index in [9.17, 15) is 0 Å². The molecule has 1 heterocycles. The summed E-state index contributed by atoms with van der Waals surface area (Å²) in [4.78, 5) is 0. The normalized spacial score (nSPS) is 10.8. The first-order chi connectivity index (χ1) is 13.9. The topological polar surface area (TPSA) is 84.4 Å². The lowest BCUT2D eigenvalue weighted by atomic mass is 10.1. The van der Waals surface area contributed by atoms with Gasteiger partial charge in [-0.15, -0.1) is 10.2 Å². The number of nitrogens with zero attached hydrogens (tertiary/aromatic N) is 3. The number of thioether (sulfide) groups is 1. The van der Waals surface area contributed by atoms with E-state index in [2.05, 4.69) is 23.2 Å². The molecule has 1 aromatic heterocycles. The van der Waals surface area contributed by atoms with E-state index in [0.717, 1.165) is 22.4 Å². The summed E-state index contributed by atoms with van der Waals surface area (Å²) >= 11 is 1.51. The Balaban J connectivity index is 1.67. The zero-order valence-electron chi connectivity index (χ0n) is 17.4. The molecule has 154 valence electrons. The Kier molecular flexibility index (Phi) is 6.53. The van der Waals surface area contributed by atoms with Crippen LogP contribution in [-0.4, -0.2) is 29.1 Å². The molecular formula is C21H26N4O3S. The molecule has 3 aromatic rings. The molecule has 2 N–H and O–H groups in total. The molecule has 0 aliphatic rings. The zero-order chi connectivity index (χ0) is 21.0. The first kappa shape index (κ1) is 20.9. The minimum absolute atomic E-state index is 0.253. The third kappa shape index (κ3) is 4.76. The van der Waals surface area contributed by atoms with Crippen molar-refractivity contribution in [2.75, 3.05) is 20.1 Å². The number of rotatable bonds is 8. The SMILES string of the molecule is COc1cc(C)c(CSc2nnc(COc3ccc(C)cc3C)n2N)cc1OC. The molecule has 8 heteroatoms. The molecule has 7 nitrogen and oxygen atoms in total. The van der Waals surface area contributed by atoms with Gasteiger partial charge in [0.15, 0.2) is 17.3 Å². The average Bonchev–Trinajstić information content (AvgIpc) is 3.05. The zero-order valence-corrected chi connectivity index (χ0v) is 18.2. The Morgan fingerprint density at radius 3 is 2.34 bits per heavy atom. The van der Waals surface area contributed by atoms with Crippen molar-refractivity contribution >= 4 is 11.8 Å². The Labute approximate surface area is 175 Å². The van der Waals surface area contributed by atoms with Gasteiger partial charge < -0.3 is 20.1 Å². The molecule has 29 heavy (non-hydrogen) atoms. The fourth-order valence-electron chi connectivity index (χ4n) is 2.93. The highest BCUT2D eigenvalue weighted by Gasteiger charge is 2.14. The van der Waals surface area contributed by atoms with Crippen molar-refractivity contribution in [2.24, 2.45) is 0 Å². The lowest BCUT2D eigenvalue weighted by Crippen LogP contribution is -2.16. The van der Waals surface area contributed by atoms with Gasteiger partial charge in [0.05, 0.1) is 14.2 Å². The minimum atomic E-state index is 0.253. The molecule has 0 unspecified atom stereocenters. The van der Waals surface area contributed by atoms with Gasteiger partial charge in [0, 0.05) is 5.75 Å². The number of hydrogen-bond acceptors (Lipinski definition) is 7. The molecule has 0 fully saturated rings. The molecule has 0 saturated carbocycles. The molecule has 0 amide bonds. The van der Waals surface area contributed by atoms with Crippen molar-refractivity contribution in [1.82, 2.24) is 14.9 Å². The van der Waals surface area contributed by atoms with E-state index in [4.69, 9.17) is 20.1 Å². The van der Waals surface area contributed by atoms with E-state index >= 15 is 0 Å². The van der Waals surface area contributed by atoms with Crippen LogP contribution in [0.2, 0.25) is 0 Å². The van der Waals surface area contributed by atoms with Crippen LogP contribution >= 0.6 is 11.8 Å². The van der Waals surface area contributed by atoms with E-state index in [1.54, 1.807) is 14.2 Å². The highest BCUT2D eigenvalue weighted by Crippen LogP contribution is 2.33. The third-order valence-electron chi connectivity index (χ3n) is 4.62. The van der Waals surface area contributed by atoms with E-state index in [0.29, 0.717) is 28.2 Å². The second-order valence-electron chi connectivity index (χ2n) is 6.75. The Hall–Kier alpha value is -2.87. The number of nitrogen functional groups attached to an aromatic ring is 1. The van der Waals surface area contributed by atoms with Gasteiger partial charge in [-0.2, -0.15) is 0 Å². The first-order valence-electron chi connectivity index (χ1n) is 9.16. The maximum Gasteiger partial charge on any atom is 0.210 e. The van der Waals surface area contributed by atoms with E-state index in [1.807, 2.05) is 38.1 Å². The summed E-state index contributed by atoms with van der Waals surface area (Å²) < 4.78 is 18.1. The predicted molar refractivity (Wildman–Crippen MR) is 114 cm³/mol. The molecule has 0 bridgehead atoms. The molecule has 0 saturated heterocycles. The van der Waals surface area contributed by atoms with Crippen molar-refractivity contribution in [3.05, 3.63) is 58.4 Å². The number of methoxy groups -OCH3 is 2. The highest BCUT2D eigenvalue weighted by atomic mass is 32.2. The maximum atomic E-state index is 6.18. The summed E-state index contributed by atoms with van der Waals surface area (Å²) in [5.74, 6) is 9.65. The molecule has 0 aliphatic carbocycles. The molecule has 0 spiro atoms. The quantitative estimate of drug-likeness (QED) is 0.443. The monoisotopic (exact) mass is 414 g/mol. The van der Waals surface area contributed by atoms with Crippen LogP contribution in [0.1, 0.15) is 28.1 Å². The van der Waals surface area contributed by atoms with Crippen molar-refractivity contribution in [3.63, 3.8) is 0 Å². The lowest BCUT2D eigenvalue weighted by molar-refractivity contribution is 0.289. The average molecular weight is 415 g/mol. The summed E-state index contributed by atoms with van der Waals surface area (Å²) in [5.41, 5.74) is 4.49. The fourth-order valence-corrected chi connectivity index (χ4v) is 3.87. The van der Waals surface area contributed by atoms with E-state index in [-0.39, 0.29) is 6.61 Å². The molecular weight excluding hydrogens is 388 g/mol. The van der Waals surface area contributed by atoms with Gasteiger partial charge >= 0.3 is 0 Å². The second kappa shape index (κ2) is 9.09. The van der Waals surface area contributed by atoms with Gasteiger partial charge in [0.2, 0.25) is 5.16 Å². The molecule has 0 aliphatic heterocycles. The number of benzene rings is 2. The summed E-state index contributed by atoms with van der Waals surface area (Å²) in [6, 6.07) is 9.99. The third-order valence-corrected chi connectivity index (χ3v) is 5.61. The van der Waals surface area contributed by atoms with Crippen LogP contribution in [0, 0.1) is 20.8 Å². The summed E-state index contributed by atoms with van der Waals surface area (Å²) in [5, 5.41) is 9.00. The number of nitrogens with two attached hydrogens (primary N) is 1. The fraction of sp³-hybridized carbons (Fsp3) is 0.333. The Morgan fingerprint density at radius 1 is 0.931 bits per heavy atom. The standard InChI is InChI=1S/C21H26N4O3S/c1-13-6-7-17(15(3)8-13)28-11-20-23-24-21(25(20)22)29-12-16-10-19(27-5)18(26-4)9-14(16)2/h6-10H,11-12,22H2,1-5H3. The van der Waals surface area contributed by atoms with Gasteiger partial charge in [-0.3, -0.25) is 0 Å². The van der Waals surface area contributed by atoms with Crippen LogP contribution in [0.15, 0.2) is 35.5 Å². The van der Waals surface area contributed by atoms with Crippen LogP contribution in [0.4, 0.5) is 0 Å². The largest absolute Gasteiger partial charge is 0.493 e. The van der Waals surface area contributed by atoms with Crippen LogP contribution < -0.4 is 20.1 Å². The van der Waals surface area contributed by atoms with Gasteiger partial charge in [-0.25, -0.2) is 4.68 Å². The summed E-state index contributed by atoms with van der Waals surface area (Å²) in [6.45, 7) is 6.36. The Bertz CT molecular complexity index is 1000. The van der Waals surface area contributed by atoms with E-state index < -0.39 is 0 Å². The van der Waals surface area contributed by atoms with Gasteiger partial charge in [-0.05, 0) is 55.7 Å². The molecule has 0 atom stereocenters. The predicted octanol–water partition coefficient (Wildman–Crippen LogP) is 3.81. The van der Waals surface area contributed by atoms with E-state index in [1.165, 1.54) is 22.0 Å². The van der Waals surface area contributed by atoms with Crippen molar-refractivity contribution in [2.45, 2.75) is 38.3 Å². The van der Waals surface area contributed by atoms with Crippen LogP contribution in [-0.2, 0) is 12.4 Å². The maximum absolute atomic E-state index is 6.18. The van der Waals surface area contributed by atoms with Crippen LogP contribution in [0.3, 0.4) is 0 Å². The molecule has 0 radical (unpaired) electrons. The number of ether oxygens (including phenoxy) is 3. The lowest BCUT2D eigenvalue weighted by Gasteiger charge is -2.12. The minimum Gasteiger partial charge on any atom is -0.493 e. The summed E-state index contributed by atoms with van der Waals surface area (Å²) in [7, 11) is 3.26. The van der Waals surface area contributed by atoms with Crippen LogP contribution in [0.5, 0.6) is 17.2 Å². The van der Waals surface area contributed by atoms with Gasteiger partial charge in [-0.1, -0.05) is 29.5 Å². The van der Waals surface area contributed by atoms with Crippen molar-refractivity contribution < 1.29 is 14.2 Å². The summed E-state index contributed by atoms with van der Waals surface area (Å²) in [6.07, 6.45) is 0. The number of hydrogen-bond donors (Lipinski definition) is 1. The van der Waals surface area contributed by atoms with Crippen molar-refractivity contribution in [3.8, 4) is 17.2 Å². The highest BCUT2D eigenvalue weighted by molar-refractivity contribution is 7.98. The number of aromatic nitrogens is 3. The van der Waals surface area contributed by atoms with Gasteiger partial charge in [0.1, 0.15) is 12.4 Å². The molecule has 3 rings (SSSR count). The smallest absolute Gasteiger partial charge is 0.210 e. The Morgan fingerprint density at radius 2 is 1.66 bits per heavy atom. The van der Waals surface area contributed by atoms with Crippen LogP contribution in [0.25, 0.3) is 0 Å². The second-order valence-corrected chi connectivity index (χ2v) is 7.69. The molecule has 2 aromatic carbocycles. The van der Waals surface area contributed by atoms with Crippen molar-refractivity contribution in [1.29, 1.82) is 0 Å². The first-order valence-corrected chi connectivity index (χ1v) is 10.1. The number of aryl methyl sites for hydroxylation is 3.